The number of ether oxygens (including phenoxy) is 1. The van der Waals surface area contributed by atoms with E-state index in [2.05, 4.69) is 46.3 Å². The Morgan fingerprint density at radius 3 is 2.67 bits per heavy atom. The van der Waals surface area contributed by atoms with Gasteiger partial charge < -0.3 is 9.64 Å². The molecule has 1 heterocycles. The van der Waals surface area contributed by atoms with E-state index in [-0.39, 0.29) is 11.8 Å². The lowest BCUT2D eigenvalue weighted by molar-refractivity contribution is -0.121. The van der Waals surface area contributed by atoms with Crippen molar-refractivity contribution in [3.63, 3.8) is 0 Å². The van der Waals surface area contributed by atoms with Crippen LogP contribution in [0.15, 0.2) is 59.1 Å². The number of rotatable bonds is 2. The Morgan fingerprint density at radius 2 is 1.96 bits per heavy atom. The van der Waals surface area contributed by atoms with Crippen LogP contribution in [0.1, 0.15) is 23.5 Å². The van der Waals surface area contributed by atoms with Gasteiger partial charge in [-0.2, -0.15) is 0 Å². The minimum atomic E-state index is -0.543. The van der Waals surface area contributed by atoms with Crippen molar-refractivity contribution in [3.05, 3.63) is 70.2 Å². The number of methoxy groups -OCH3 is 1. The lowest BCUT2D eigenvalue weighted by Gasteiger charge is -2.22. The predicted octanol–water partition coefficient (Wildman–Crippen LogP) is 4.42. The minimum absolute atomic E-state index is 0.155. The predicted molar refractivity (Wildman–Crippen MR) is 98.7 cm³/mol. The Hall–Kier alpha value is -2.07. The average molecular weight is 384 g/mol. The van der Waals surface area contributed by atoms with Gasteiger partial charge in [0.2, 0.25) is 5.91 Å². The number of carbonyl (C=O) groups excluding carboxylic acids is 1. The van der Waals surface area contributed by atoms with E-state index in [0.717, 1.165) is 27.9 Å². The van der Waals surface area contributed by atoms with E-state index in [1.165, 1.54) is 5.56 Å². The summed E-state index contributed by atoms with van der Waals surface area (Å²) in [6.45, 7) is 0. The largest absolute Gasteiger partial charge is 0.497 e. The molecule has 122 valence electrons. The number of amides is 1. The van der Waals surface area contributed by atoms with Crippen LogP contribution in [0.3, 0.4) is 0 Å². The van der Waals surface area contributed by atoms with Gasteiger partial charge in [0.05, 0.1) is 12.5 Å². The maximum absolute atomic E-state index is 13.0. The molecule has 2 atom stereocenters. The molecule has 1 amide bonds. The van der Waals surface area contributed by atoms with Crippen LogP contribution in [-0.2, 0) is 10.2 Å². The molecule has 1 spiro atoms. The van der Waals surface area contributed by atoms with E-state index in [1.807, 2.05) is 31.3 Å². The molecule has 3 nitrogen and oxygen atoms in total. The molecule has 0 aromatic heterocycles. The van der Waals surface area contributed by atoms with Gasteiger partial charge in [-0.3, -0.25) is 4.79 Å². The number of hydrogen-bond acceptors (Lipinski definition) is 2. The van der Waals surface area contributed by atoms with E-state index >= 15 is 0 Å². The molecule has 1 aliphatic heterocycles. The molecule has 0 fully saturated rings. The number of benzene rings is 2. The van der Waals surface area contributed by atoms with Gasteiger partial charge in [-0.05, 0) is 47.9 Å². The molecule has 2 aromatic rings. The first-order valence-corrected chi connectivity index (χ1v) is 8.76. The highest BCUT2D eigenvalue weighted by molar-refractivity contribution is 9.10. The van der Waals surface area contributed by atoms with Crippen molar-refractivity contribution >= 4 is 27.5 Å². The van der Waals surface area contributed by atoms with Crippen LogP contribution < -0.4 is 9.64 Å². The van der Waals surface area contributed by atoms with Crippen LogP contribution in [0.25, 0.3) is 0 Å². The second-order valence-electron chi connectivity index (χ2n) is 6.44. The fraction of sp³-hybridized carbons (Fsp3) is 0.250. The number of fused-ring (bicyclic) bond motifs is 2. The number of anilines is 1. The molecule has 2 aliphatic rings. The standard InChI is InChI=1S/C20H18BrNO2/c1-22-18-8-5-15(21)11-17(18)20(19(22)23)10-9-14(12-20)13-3-6-16(24-2)7-4-13/h3-11,14H,12H2,1-2H3/t14-,20+/m0/s1. The molecule has 0 bridgehead atoms. The van der Waals surface area contributed by atoms with Crippen LogP contribution in [0.4, 0.5) is 5.69 Å². The van der Waals surface area contributed by atoms with Crippen molar-refractivity contribution in [3.8, 4) is 5.75 Å². The van der Waals surface area contributed by atoms with Gasteiger partial charge in [-0.1, -0.05) is 40.2 Å². The second-order valence-corrected chi connectivity index (χ2v) is 7.36. The van der Waals surface area contributed by atoms with Gasteiger partial charge in [0.25, 0.3) is 0 Å². The Morgan fingerprint density at radius 1 is 1.21 bits per heavy atom. The third-order valence-corrected chi connectivity index (χ3v) is 5.68. The topological polar surface area (TPSA) is 29.5 Å². The zero-order chi connectivity index (χ0) is 16.9. The molecule has 0 radical (unpaired) electrons. The van der Waals surface area contributed by atoms with Crippen LogP contribution in [0.2, 0.25) is 0 Å². The Kier molecular flexibility index (Phi) is 3.53. The lowest BCUT2D eigenvalue weighted by atomic mass is 9.78. The van der Waals surface area contributed by atoms with E-state index in [4.69, 9.17) is 4.74 Å². The van der Waals surface area contributed by atoms with Gasteiger partial charge in [0, 0.05) is 23.1 Å². The number of allylic oxidation sites excluding steroid dienone is 1. The van der Waals surface area contributed by atoms with Crippen LogP contribution in [0, 0.1) is 0 Å². The Labute approximate surface area is 150 Å². The van der Waals surface area contributed by atoms with E-state index < -0.39 is 5.41 Å². The second kappa shape index (κ2) is 5.49. The molecule has 24 heavy (non-hydrogen) atoms. The summed E-state index contributed by atoms with van der Waals surface area (Å²) in [6.07, 6.45) is 5.04. The zero-order valence-electron chi connectivity index (χ0n) is 13.6. The van der Waals surface area contributed by atoms with Gasteiger partial charge in [0.15, 0.2) is 0 Å². The molecule has 1 aliphatic carbocycles. The summed E-state index contributed by atoms with van der Waals surface area (Å²) in [5, 5.41) is 0. The monoisotopic (exact) mass is 383 g/mol. The summed E-state index contributed by atoms with van der Waals surface area (Å²) in [7, 11) is 3.53. The molecule has 4 heteroatoms. The number of halogens is 1. The van der Waals surface area contributed by atoms with Crippen molar-refractivity contribution in [2.45, 2.75) is 17.8 Å². The maximum Gasteiger partial charge on any atom is 0.241 e. The first kappa shape index (κ1) is 15.5. The number of hydrogen-bond donors (Lipinski definition) is 0. The van der Waals surface area contributed by atoms with Crippen LogP contribution >= 0.6 is 15.9 Å². The number of carbonyl (C=O) groups is 1. The highest BCUT2D eigenvalue weighted by Crippen LogP contribution is 2.52. The zero-order valence-corrected chi connectivity index (χ0v) is 15.2. The molecule has 0 N–H and O–H groups in total. The highest BCUT2D eigenvalue weighted by atomic mass is 79.9. The van der Waals surface area contributed by atoms with Gasteiger partial charge in [-0.15, -0.1) is 0 Å². The smallest absolute Gasteiger partial charge is 0.241 e. The SMILES string of the molecule is COc1ccc([C@H]2C=C[C@]3(C2)C(=O)N(C)c2ccc(Br)cc23)cc1. The molecule has 0 unspecified atom stereocenters. The third-order valence-electron chi connectivity index (χ3n) is 5.19. The third kappa shape index (κ3) is 2.13. The van der Waals surface area contributed by atoms with Crippen LogP contribution in [-0.4, -0.2) is 20.1 Å². The highest BCUT2D eigenvalue weighted by Gasteiger charge is 2.51. The normalized spacial score (nSPS) is 24.7. The Balaban J connectivity index is 1.72. The summed E-state index contributed by atoms with van der Waals surface area (Å²) >= 11 is 3.54. The molecule has 0 saturated carbocycles. The van der Waals surface area contributed by atoms with Crippen molar-refractivity contribution in [1.29, 1.82) is 0 Å². The maximum atomic E-state index is 13.0. The summed E-state index contributed by atoms with van der Waals surface area (Å²) in [4.78, 5) is 14.8. The summed E-state index contributed by atoms with van der Waals surface area (Å²) in [6, 6.07) is 14.2. The van der Waals surface area contributed by atoms with E-state index in [9.17, 15) is 4.79 Å². The quantitative estimate of drug-likeness (QED) is 0.718. The Bertz CT molecular complexity index is 843. The van der Waals surface area contributed by atoms with E-state index in [0.29, 0.717) is 0 Å². The van der Waals surface area contributed by atoms with Crippen molar-refractivity contribution < 1.29 is 9.53 Å². The summed E-state index contributed by atoms with van der Waals surface area (Å²) in [5.41, 5.74) is 2.76. The summed E-state index contributed by atoms with van der Waals surface area (Å²) < 4.78 is 6.24. The van der Waals surface area contributed by atoms with Crippen LogP contribution in [0.5, 0.6) is 5.75 Å². The minimum Gasteiger partial charge on any atom is -0.497 e. The summed E-state index contributed by atoms with van der Waals surface area (Å²) in [5.74, 6) is 1.24. The van der Waals surface area contributed by atoms with Gasteiger partial charge in [-0.25, -0.2) is 0 Å². The molecule has 0 saturated heterocycles. The molecule has 2 aromatic carbocycles. The lowest BCUT2D eigenvalue weighted by Crippen LogP contribution is -2.36. The molecular formula is C20H18BrNO2. The van der Waals surface area contributed by atoms with Gasteiger partial charge >= 0.3 is 0 Å². The molecule has 4 rings (SSSR count). The first-order chi connectivity index (χ1) is 11.5. The number of likely N-dealkylation sites (N-methyl/N-ethyl adjacent to an activating group) is 1. The van der Waals surface area contributed by atoms with Crippen molar-refractivity contribution in [2.24, 2.45) is 0 Å². The van der Waals surface area contributed by atoms with Gasteiger partial charge in [0.1, 0.15) is 5.75 Å². The average Bonchev–Trinajstić information content (AvgIpc) is 3.13. The van der Waals surface area contributed by atoms with E-state index in [1.54, 1.807) is 12.0 Å². The fourth-order valence-corrected chi connectivity index (χ4v) is 4.24. The van der Waals surface area contributed by atoms with Crippen molar-refractivity contribution in [2.75, 3.05) is 19.1 Å². The first-order valence-electron chi connectivity index (χ1n) is 7.97. The van der Waals surface area contributed by atoms with Crippen molar-refractivity contribution in [1.82, 2.24) is 0 Å². The fourth-order valence-electron chi connectivity index (χ4n) is 3.88. The number of nitrogens with zero attached hydrogens (tertiary/aromatic N) is 1. The molecular weight excluding hydrogens is 366 g/mol.